The molecule has 0 fully saturated rings. The van der Waals surface area contributed by atoms with Gasteiger partial charge in [0.25, 0.3) is 0 Å². The van der Waals surface area contributed by atoms with Crippen molar-refractivity contribution in [3.05, 3.63) is 59.7 Å². The summed E-state index contributed by atoms with van der Waals surface area (Å²) in [5.41, 5.74) is 5.18. The third-order valence-corrected chi connectivity index (χ3v) is 2.86. The summed E-state index contributed by atoms with van der Waals surface area (Å²) >= 11 is 0. The minimum Gasteiger partial charge on any atom is -0.345 e. The first-order valence-electron chi connectivity index (χ1n) is 5.22. The minimum absolute atomic E-state index is 1.11. The van der Waals surface area contributed by atoms with Crippen LogP contribution >= 0.6 is 0 Å². The van der Waals surface area contributed by atoms with Gasteiger partial charge in [0.15, 0.2) is 0 Å². The monoisotopic (exact) mass is 196 g/mol. The van der Waals surface area contributed by atoms with Crippen molar-refractivity contribution < 1.29 is 0 Å². The first-order chi connectivity index (χ1) is 7.45. The van der Waals surface area contributed by atoms with E-state index in [1.165, 1.54) is 16.7 Å². The van der Waals surface area contributed by atoms with Crippen molar-refractivity contribution in [3.8, 4) is 0 Å². The van der Waals surface area contributed by atoms with Crippen molar-refractivity contribution in [2.75, 3.05) is 0 Å². The minimum atomic E-state index is 1.11. The number of nitrogens with one attached hydrogen (secondary N) is 1. The number of hydrogen-bond acceptors (Lipinski definition) is 1. The summed E-state index contributed by atoms with van der Waals surface area (Å²) in [5, 5.41) is 0. The molecule has 1 aliphatic carbocycles. The standard InChI is InChI=1S/C13H12N2/c1-2-6-11-10(4-1)5-3-7-12(11)13-8-14-9-15-13/h1-2,4,6-9H,3,5H2,(H,14,15). The summed E-state index contributed by atoms with van der Waals surface area (Å²) in [6.45, 7) is 0. The molecule has 0 atom stereocenters. The number of rotatable bonds is 1. The van der Waals surface area contributed by atoms with Gasteiger partial charge >= 0.3 is 0 Å². The molecule has 3 rings (SSSR count). The van der Waals surface area contributed by atoms with Gasteiger partial charge in [0.05, 0.1) is 18.2 Å². The normalized spacial score (nSPS) is 14.5. The lowest BCUT2D eigenvalue weighted by Gasteiger charge is -2.16. The molecule has 74 valence electrons. The van der Waals surface area contributed by atoms with E-state index in [1.54, 1.807) is 6.33 Å². The fraction of sp³-hybridized carbons (Fsp3) is 0.154. The number of hydrogen-bond donors (Lipinski definition) is 1. The quantitative estimate of drug-likeness (QED) is 0.746. The third-order valence-electron chi connectivity index (χ3n) is 2.86. The van der Waals surface area contributed by atoms with Crippen LogP contribution in [0.25, 0.3) is 5.57 Å². The van der Waals surface area contributed by atoms with Crippen LogP contribution in [0.15, 0.2) is 42.9 Å². The molecule has 1 N–H and O–H groups in total. The Balaban J connectivity index is 2.15. The molecule has 0 aliphatic heterocycles. The van der Waals surface area contributed by atoms with E-state index in [0.717, 1.165) is 18.5 Å². The van der Waals surface area contributed by atoms with Crippen molar-refractivity contribution >= 4 is 5.57 Å². The molecule has 0 radical (unpaired) electrons. The van der Waals surface area contributed by atoms with E-state index in [9.17, 15) is 0 Å². The molecule has 15 heavy (non-hydrogen) atoms. The molecule has 2 heteroatoms. The second-order valence-electron chi connectivity index (χ2n) is 3.78. The van der Waals surface area contributed by atoms with E-state index in [2.05, 4.69) is 40.3 Å². The van der Waals surface area contributed by atoms with E-state index < -0.39 is 0 Å². The average Bonchev–Trinajstić information content (AvgIpc) is 2.82. The van der Waals surface area contributed by atoms with Crippen LogP contribution in [0.3, 0.4) is 0 Å². The van der Waals surface area contributed by atoms with Crippen molar-refractivity contribution in [2.45, 2.75) is 12.8 Å². The van der Waals surface area contributed by atoms with Gasteiger partial charge in [0, 0.05) is 5.57 Å². The highest BCUT2D eigenvalue weighted by Gasteiger charge is 2.13. The van der Waals surface area contributed by atoms with Gasteiger partial charge in [0.1, 0.15) is 0 Å². The van der Waals surface area contributed by atoms with Gasteiger partial charge in [-0.25, -0.2) is 4.98 Å². The van der Waals surface area contributed by atoms with E-state index >= 15 is 0 Å². The van der Waals surface area contributed by atoms with Crippen molar-refractivity contribution in [1.29, 1.82) is 0 Å². The topological polar surface area (TPSA) is 28.7 Å². The number of aryl methyl sites for hydroxylation is 1. The SMILES string of the molecule is C1=C(c2cnc[nH]2)c2ccccc2CC1. The molecule has 0 bridgehead atoms. The maximum absolute atomic E-state index is 4.07. The summed E-state index contributed by atoms with van der Waals surface area (Å²) in [6.07, 6.45) is 8.16. The Labute approximate surface area is 88.7 Å². The first-order valence-corrected chi connectivity index (χ1v) is 5.22. The second kappa shape index (κ2) is 3.39. The fourth-order valence-electron chi connectivity index (χ4n) is 2.14. The molecule has 0 unspecified atom stereocenters. The van der Waals surface area contributed by atoms with Gasteiger partial charge in [0.2, 0.25) is 0 Å². The molecular weight excluding hydrogens is 184 g/mol. The predicted molar refractivity (Wildman–Crippen MR) is 60.4 cm³/mol. The zero-order valence-electron chi connectivity index (χ0n) is 8.40. The fourth-order valence-corrected chi connectivity index (χ4v) is 2.14. The summed E-state index contributed by atoms with van der Waals surface area (Å²) in [4.78, 5) is 7.24. The summed E-state index contributed by atoms with van der Waals surface area (Å²) < 4.78 is 0. The third kappa shape index (κ3) is 1.38. The zero-order valence-corrected chi connectivity index (χ0v) is 8.40. The zero-order chi connectivity index (χ0) is 10.1. The number of allylic oxidation sites excluding steroid dienone is 1. The molecule has 0 saturated carbocycles. The highest BCUT2D eigenvalue weighted by Crippen LogP contribution is 2.29. The predicted octanol–water partition coefficient (Wildman–Crippen LogP) is 2.79. The van der Waals surface area contributed by atoms with Crippen molar-refractivity contribution in [3.63, 3.8) is 0 Å². The second-order valence-corrected chi connectivity index (χ2v) is 3.78. The molecule has 2 aromatic rings. The first kappa shape index (κ1) is 8.48. The van der Waals surface area contributed by atoms with Gasteiger partial charge in [-0.15, -0.1) is 0 Å². The van der Waals surface area contributed by atoms with Crippen LogP contribution < -0.4 is 0 Å². The van der Waals surface area contributed by atoms with E-state index in [-0.39, 0.29) is 0 Å². The summed E-state index contributed by atoms with van der Waals surface area (Å²) in [7, 11) is 0. The largest absolute Gasteiger partial charge is 0.345 e. The lowest BCUT2D eigenvalue weighted by molar-refractivity contribution is 0.975. The van der Waals surface area contributed by atoms with Crippen LogP contribution in [0.5, 0.6) is 0 Å². The number of aromatic nitrogens is 2. The Morgan fingerprint density at radius 3 is 3.00 bits per heavy atom. The van der Waals surface area contributed by atoms with Crippen LogP contribution in [0.4, 0.5) is 0 Å². The number of nitrogens with zero attached hydrogens (tertiary/aromatic N) is 1. The average molecular weight is 196 g/mol. The molecule has 1 aromatic heterocycles. The summed E-state index contributed by atoms with van der Waals surface area (Å²) in [6, 6.07) is 8.59. The van der Waals surface area contributed by atoms with Crippen LogP contribution in [0.2, 0.25) is 0 Å². The van der Waals surface area contributed by atoms with E-state index in [1.807, 2.05) is 6.20 Å². The molecule has 0 amide bonds. The number of H-pyrrole nitrogens is 1. The van der Waals surface area contributed by atoms with Gasteiger partial charge in [-0.1, -0.05) is 30.3 Å². The maximum Gasteiger partial charge on any atom is 0.0924 e. The Kier molecular flexibility index (Phi) is 1.91. The highest BCUT2D eigenvalue weighted by molar-refractivity contribution is 5.80. The Morgan fingerprint density at radius 2 is 2.13 bits per heavy atom. The number of imidazole rings is 1. The lowest BCUT2D eigenvalue weighted by Crippen LogP contribution is -2.00. The van der Waals surface area contributed by atoms with Gasteiger partial charge < -0.3 is 4.98 Å². The van der Waals surface area contributed by atoms with E-state index in [4.69, 9.17) is 0 Å². The lowest BCUT2D eigenvalue weighted by atomic mass is 9.89. The van der Waals surface area contributed by atoms with Crippen LogP contribution in [-0.4, -0.2) is 9.97 Å². The highest BCUT2D eigenvalue weighted by atomic mass is 14.9. The number of fused-ring (bicyclic) bond motifs is 1. The molecule has 1 aromatic carbocycles. The Morgan fingerprint density at radius 1 is 1.20 bits per heavy atom. The van der Waals surface area contributed by atoms with Gasteiger partial charge in [-0.05, 0) is 24.0 Å². The van der Waals surface area contributed by atoms with Crippen molar-refractivity contribution in [1.82, 2.24) is 9.97 Å². The van der Waals surface area contributed by atoms with Crippen LogP contribution in [-0.2, 0) is 6.42 Å². The molecule has 2 nitrogen and oxygen atoms in total. The van der Waals surface area contributed by atoms with Crippen LogP contribution in [0, 0.1) is 0 Å². The molecule has 0 saturated heterocycles. The smallest absolute Gasteiger partial charge is 0.0924 e. The van der Waals surface area contributed by atoms with Gasteiger partial charge in [-0.2, -0.15) is 0 Å². The number of benzene rings is 1. The van der Waals surface area contributed by atoms with E-state index in [0.29, 0.717) is 0 Å². The molecule has 1 aliphatic rings. The Bertz CT molecular complexity index is 495. The molecule has 0 spiro atoms. The maximum atomic E-state index is 4.07. The van der Waals surface area contributed by atoms with Crippen LogP contribution in [0.1, 0.15) is 23.2 Å². The molecule has 1 heterocycles. The Hall–Kier alpha value is -1.83. The number of aromatic amines is 1. The summed E-state index contributed by atoms with van der Waals surface area (Å²) in [5.74, 6) is 0. The van der Waals surface area contributed by atoms with Gasteiger partial charge in [-0.3, -0.25) is 0 Å². The van der Waals surface area contributed by atoms with Crippen molar-refractivity contribution in [2.24, 2.45) is 0 Å². The molecular formula is C13H12N2.